The van der Waals surface area contributed by atoms with Crippen LogP contribution in [0.1, 0.15) is 33.6 Å². The Morgan fingerprint density at radius 3 is 2.57 bits per heavy atom. The van der Waals surface area contributed by atoms with Crippen molar-refractivity contribution in [3.05, 3.63) is 51.5 Å². The van der Waals surface area contributed by atoms with E-state index < -0.39 is 0 Å². The van der Waals surface area contributed by atoms with Gasteiger partial charge in [0.15, 0.2) is 17.5 Å². The van der Waals surface area contributed by atoms with Crippen LogP contribution in [-0.2, 0) is 19.4 Å². The van der Waals surface area contributed by atoms with Crippen molar-refractivity contribution in [2.24, 2.45) is 4.99 Å². The van der Waals surface area contributed by atoms with E-state index in [0.29, 0.717) is 18.7 Å². The quantitative estimate of drug-likeness (QED) is 0.201. The molecule has 2 aromatic rings. The number of halogens is 1. The third-order valence-electron chi connectivity index (χ3n) is 4.45. The largest absolute Gasteiger partial charge is 0.493 e. The Balaban J connectivity index is 0.00000450. The van der Waals surface area contributed by atoms with E-state index in [9.17, 15) is 0 Å². The molecular formula is C22H33IN4O2S. The van der Waals surface area contributed by atoms with Crippen molar-refractivity contribution in [1.29, 1.82) is 0 Å². The minimum atomic E-state index is 0. The van der Waals surface area contributed by atoms with Crippen molar-refractivity contribution in [1.82, 2.24) is 15.6 Å². The lowest BCUT2D eigenvalue weighted by Crippen LogP contribution is -2.38. The number of aliphatic imine (C=N–C) groups is 1. The number of aromatic nitrogens is 1. The second kappa shape index (κ2) is 13.5. The lowest BCUT2D eigenvalue weighted by molar-refractivity contribution is 0.352. The number of thiazole rings is 1. The van der Waals surface area contributed by atoms with Crippen LogP contribution in [0.15, 0.2) is 29.8 Å². The van der Waals surface area contributed by atoms with Crippen molar-refractivity contribution in [3.8, 4) is 11.5 Å². The molecular weight excluding hydrogens is 511 g/mol. The molecule has 0 amide bonds. The van der Waals surface area contributed by atoms with Gasteiger partial charge in [0.1, 0.15) is 0 Å². The van der Waals surface area contributed by atoms with E-state index in [1.807, 2.05) is 12.1 Å². The number of benzene rings is 1. The first kappa shape index (κ1) is 26.2. The zero-order valence-electron chi connectivity index (χ0n) is 18.5. The average Bonchev–Trinajstić information content (AvgIpc) is 3.03. The third kappa shape index (κ3) is 7.46. The minimum absolute atomic E-state index is 0. The number of hydrogen-bond donors (Lipinski definition) is 2. The molecule has 0 spiro atoms. The van der Waals surface area contributed by atoms with Gasteiger partial charge in [-0.1, -0.05) is 6.08 Å². The third-order valence-corrected chi connectivity index (χ3v) is 5.58. The van der Waals surface area contributed by atoms with Gasteiger partial charge in [-0.05, 0) is 44.9 Å². The van der Waals surface area contributed by atoms with Crippen LogP contribution in [0.4, 0.5) is 0 Å². The zero-order chi connectivity index (χ0) is 21.2. The summed E-state index contributed by atoms with van der Waals surface area (Å²) in [6.45, 7) is 12.2. The van der Waals surface area contributed by atoms with E-state index in [1.54, 1.807) is 25.6 Å². The Kier molecular flexibility index (Phi) is 11.8. The summed E-state index contributed by atoms with van der Waals surface area (Å²) in [4.78, 5) is 10.6. The summed E-state index contributed by atoms with van der Waals surface area (Å²) < 4.78 is 11.0. The van der Waals surface area contributed by atoms with Gasteiger partial charge in [0.05, 0.1) is 31.5 Å². The van der Waals surface area contributed by atoms with E-state index in [2.05, 4.69) is 49.0 Å². The SMILES string of the molecule is C=CCc1cc(CN=C(NCC)NCCc2nc(C)c(C)s2)cc(OC)c1OC.I. The fourth-order valence-electron chi connectivity index (χ4n) is 2.95. The van der Waals surface area contributed by atoms with Crippen LogP contribution in [0.3, 0.4) is 0 Å². The van der Waals surface area contributed by atoms with Gasteiger partial charge in [-0.25, -0.2) is 9.98 Å². The number of methoxy groups -OCH3 is 2. The molecule has 8 heteroatoms. The molecule has 6 nitrogen and oxygen atoms in total. The van der Waals surface area contributed by atoms with Crippen molar-refractivity contribution >= 4 is 41.3 Å². The number of hydrogen-bond acceptors (Lipinski definition) is 5. The van der Waals surface area contributed by atoms with Gasteiger partial charge < -0.3 is 20.1 Å². The molecule has 0 fully saturated rings. The Labute approximate surface area is 201 Å². The summed E-state index contributed by atoms with van der Waals surface area (Å²) in [6.07, 6.45) is 3.45. The number of ether oxygens (including phenoxy) is 2. The molecule has 0 saturated carbocycles. The van der Waals surface area contributed by atoms with Crippen molar-refractivity contribution in [3.63, 3.8) is 0 Å². The minimum Gasteiger partial charge on any atom is -0.493 e. The summed E-state index contributed by atoms with van der Waals surface area (Å²) in [5, 5.41) is 7.84. The highest BCUT2D eigenvalue weighted by atomic mass is 127. The van der Waals surface area contributed by atoms with Crippen LogP contribution in [0.25, 0.3) is 0 Å². The van der Waals surface area contributed by atoms with E-state index in [0.717, 1.165) is 53.0 Å². The summed E-state index contributed by atoms with van der Waals surface area (Å²) in [5.41, 5.74) is 3.22. The molecule has 0 aliphatic carbocycles. The molecule has 1 aromatic carbocycles. The van der Waals surface area contributed by atoms with E-state index >= 15 is 0 Å². The fourth-order valence-corrected chi connectivity index (χ4v) is 3.88. The number of rotatable bonds is 10. The first-order valence-corrected chi connectivity index (χ1v) is 10.6. The van der Waals surface area contributed by atoms with Crippen LogP contribution in [0, 0.1) is 13.8 Å². The molecule has 166 valence electrons. The van der Waals surface area contributed by atoms with Crippen molar-refractivity contribution in [2.45, 2.75) is 40.2 Å². The summed E-state index contributed by atoms with van der Waals surface area (Å²) in [5.74, 6) is 2.25. The first-order chi connectivity index (χ1) is 14.0. The van der Waals surface area contributed by atoms with Crippen LogP contribution < -0.4 is 20.1 Å². The first-order valence-electron chi connectivity index (χ1n) is 9.82. The lowest BCUT2D eigenvalue weighted by Gasteiger charge is -2.14. The van der Waals surface area contributed by atoms with Crippen LogP contribution in [-0.4, -0.2) is 38.3 Å². The highest BCUT2D eigenvalue weighted by Crippen LogP contribution is 2.33. The molecule has 0 aliphatic rings. The van der Waals surface area contributed by atoms with E-state index in [4.69, 9.17) is 14.5 Å². The summed E-state index contributed by atoms with van der Waals surface area (Å²) in [7, 11) is 3.30. The molecule has 0 unspecified atom stereocenters. The molecule has 0 atom stereocenters. The molecule has 0 aliphatic heterocycles. The van der Waals surface area contributed by atoms with Crippen LogP contribution in [0.2, 0.25) is 0 Å². The average molecular weight is 545 g/mol. The monoisotopic (exact) mass is 544 g/mol. The molecule has 0 bridgehead atoms. The maximum absolute atomic E-state index is 5.51. The molecule has 0 radical (unpaired) electrons. The smallest absolute Gasteiger partial charge is 0.191 e. The molecule has 0 saturated heterocycles. The highest BCUT2D eigenvalue weighted by molar-refractivity contribution is 14.0. The van der Waals surface area contributed by atoms with Crippen molar-refractivity contribution < 1.29 is 9.47 Å². The molecule has 1 aromatic heterocycles. The molecule has 1 heterocycles. The second-order valence-electron chi connectivity index (χ2n) is 6.60. The Hall–Kier alpha value is -1.81. The fraction of sp³-hybridized carbons (Fsp3) is 0.455. The van der Waals surface area contributed by atoms with Gasteiger partial charge in [-0.15, -0.1) is 41.9 Å². The van der Waals surface area contributed by atoms with Gasteiger partial charge in [-0.3, -0.25) is 0 Å². The normalized spacial score (nSPS) is 10.9. The Morgan fingerprint density at radius 1 is 1.23 bits per heavy atom. The van der Waals surface area contributed by atoms with Gasteiger partial charge in [0, 0.05) is 30.0 Å². The van der Waals surface area contributed by atoms with Crippen LogP contribution in [0.5, 0.6) is 11.5 Å². The number of nitrogens with one attached hydrogen (secondary N) is 2. The zero-order valence-corrected chi connectivity index (χ0v) is 21.6. The number of guanidine groups is 1. The molecule has 2 N–H and O–H groups in total. The topological polar surface area (TPSA) is 67.8 Å². The maximum Gasteiger partial charge on any atom is 0.191 e. The predicted molar refractivity (Wildman–Crippen MR) is 137 cm³/mol. The van der Waals surface area contributed by atoms with Crippen molar-refractivity contribution in [2.75, 3.05) is 27.3 Å². The predicted octanol–water partition coefficient (Wildman–Crippen LogP) is 4.42. The number of nitrogens with zero attached hydrogens (tertiary/aromatic N) is 2. The summed E-state index contributed by atoms with van der Waals surface area (Å²) >= 11 is 1.76. The van der Waals surface area contributed by atoms with Gasteiger partial charge in [0.25, 0.3) is 0 Å². The maximum atomic E-state index is 5.51. The number of allylic oxidation sites excluding steroid dienone is 1. The van der Waals surface area contributed by atoms with E-state index in [-0.39, 0.29) is 24.0 Å². The van der Waals surface area contributed by atoms with Crippen LogP contribution >= 0.6 is 35.3 Å². The summed E-state index contributed by atoms with van der Waals surface area (Å²) in [6, 6.07) is 4.07. The van der Waals surface area contributed by atoms with Gasteiger partial charge in [-0.2, -0.15) is 0 Å². The molecule has 2 rings (SSSR count). The molecule has 30 heavy (non-hydrogen) atoms. The lowest BCUT2D eigenvalue weighted by atomic mass is 10.1. The highest BCUT2D eigenvalue weighted by Gasteiger charge is 2.12. The van der Waals surface area contributed by atoms with Gasteiger partial charge in [0.2, 0.25) is 0 Å². The Morgan fingerprint density at radius 2 is 2.00 bits per heavy atom. The number of aryl methyl sites for hydroxylation is 2. The van der Waals surface area contributed by atoms with Gasteiger partial charge >= 0.3 is 0 Å². The Bertz CT molecular complexity index is 832. The van der Waals surface area contributed by atoms with E-state index in [1.165, 1.54) is 4.88 Å². The second-order valence-corrected chi connectivity index (χ2v) is 7.89. The standard InChI is InChI=1S/C22H32N4O2S.HI/c1-7-9-18-12-17(13-19(27-5)21(18)28-6)14-25-22(23-8-2)24-11-10-20-26-15(3)16(4)29-20;/h7,12-13H,1,8-11,14H2,2-6H3,(H2,23,24,25);1H.